The molecule has 0 spiro atoms. The third kappa shape index (κ3) is 2.58. The van der Waals surface area contributed by atoms with E-state index in [2.05, 4.69) is 76.3 Å². The summed E-state index contributed by atoms with van der Waals surface area (Å²) < 4.78 is 1.91. The minimum Gasteiger partial charge on any atom is -0.325 e. The van der Waals surface area contributed by atoms with Crippen LogP contribution in [0.5, 0.6) is 0 Å². The van der Waals surface area contributed by atoms with E-state index in [1.807, 2.05) is 10.9 Å². The highest BCUT2D eigenvalue weighted by Gasteiger charge is 2.22. The molecule has 1 aliphatic heterocycles. The maximum atomic E-state index is 4.64. The summed E-state index contributed by atoms with van der Waals surface area (Å²) in [6, 6.07) is 15.0. The second kappa shape index (κ2) is 6.20. The highest BCUT2D eigenvalue weighted by molar-refractivity contribution is 5.90. The molecule has 2 aromatic heterocycles. The van der Waals surface area contributed by atoms with Crippen molar-refractivity contribution in [1.82, 2.24) is 19.7 Å². The van der Waals surface area contributed by atoms with Gasteiger partial charge in [-0.15, -0.1) is 0 Å². The Morgan fingerprint density at radius 1 is 0.963 bits per heavy atom. The lowest BCUT2D eigenvalue weighted by atomic mass is 10.0. The van der Waals surface area contributed by atoms with Gasteiger partial charge in [0.05, 0.1) is 17.3 Å². The largest absolute Gasteiger partial charge is 0.325 e. The summed E-state index contributed by atoms with van der Waals surface area (Å²) in [4.78, 5) is 11.5. The van der Waals surface area contributed by atoms with Gasteiger partial charge in [-0.3, -0.25) is 0 Å². The lowest BCUT2D eigenvalue weighted by molar-refractivity contribution is 0.761. The Balaban J connectivity index is 1.66. The van der Waals surface area contributed by atoms with Crippen LogP contribution >= 0.6 is 0 Å². The summed E-state index contributed by atoms with van der Waals surface area (Å²) in [6.45, 7) is 5.20. The van der Waals surface area contributed by atoms with Gasteiger partial charge in [0.15, 0.2) is 5.65 Å². The lowest BCUT2D eigenvalue weighted by Gasteiger charge is -2.30. The smallest absolute Gasteiger partial charge is 0.168 e. The molecule has 0 radical (unpaired) electrons. The zero-order valence-corrected chi connectivity index (χ0v) is 15.6. The van der Waals surface area contributed by atoms with E-state index in [1.54, 1.807) is 6.33 Å². The van der Waals surface area contributed by atoms with E-state index in [9.17, 15) is 0 Å². The molecular formula is C22H21N5. The zero-order valence-electron chi connectivity index (χ0n) is 15.6. The summed E-state index contributed by atoms with van der Waals surface area (Å²) in [7, 11) is 0. The van der Waals surface area contributed by atoms with Crippen LogP contribution in [0.1, 0.15) is 23.1 Å². The molecule has 0 aliphatic carbocycles. The van der Waals surface area contributed by atoms with Crippen LogP contribution in [0, 0.1) is 13.8 Å². The maximum absolute atomic E-state index is 4.64. The SMILES string of the molecule is Cc1ccc(-n2ncc3c(N4CCCc5ccccc54)ncnc32)cc1C. The van der Waals surface area contributed by atoms with Crippen molar-refractivity contribution in [2.45, 2.75) is 26.7 Å². The van der Waals surface area contributed by atoms with Crippen molar-refractivity contribution >= 4 is 22.5 Å². The number of nitrogens with zero attached hydrogens (tertiary/aromatic N) is 5. The number of anilines is 2. The van der Waals surface area contributed by atoms with Crippen LogP contribution in [-0.4, -0.2) is 26.3 Å². The van der Waals surface area contributed by atoms with Crippen LogP contribution in [0.4, 0.5) is 11.5 Å². The number of aryl methyl sites for hydroxylation is 3. The Morgan fingerprint density at radius 3 is 2.74 bits per heavy atom. The predicted octanol–water partition coefficient (Wildman–Crippen LogP) is 4.52. The Morgan fingerprint density at radius 2 is 1.85 bits per heavy atom. The van der Waals surface area contributed by atoms with Crippen molar-refractivity contribution in [2.24, 2.45) is 0 Å². The van der Waals surface area contributed by atoms with Gasteiger partial charge in [-0.1, -0.05) is 24.3 Å². The van der Waals surface area contributed by atoms with E-state index in [1.165, 1.54) is 22.4 Å². The molecular weight excluding hydrogens is 334 g/mol. The number of para-hydroxylation sites is 1. The van der Waals surface area contributed by atoms with Crippen molar-refractivity contribution in [3.8, 4) is 5.69 Å². The van der Waals surface area contributed by atoms with Crippen LogP contribution < -0.4 is 4.90 Å². The number of benzene rings is 2. The highest BCUT2D eigenvalue weighted by Crippen LogP contribution is 2.35. The molecule has 0 fully saturated rings. The number of rotatable bonds is 2. The van der Waals surface area contributed by atoms with E-state index >= 15 is 0 Å². The standard InChI is InChI=1S/C22H21N5/c1-15-9-10-18(12-16(15)2)27-22-19(13-25-27)21(23-14-24-22)26-11-5-7-17-6-3-4-8-20(17)26/h3-4,6,8-10,12-14H,5,7,11H2,1-2H3. The molecule has 1 aliphatic rings. The van der Waals surface area contributed by atoms with Crippen molar-refractivity contribution < 1.29 is 0 Å². The third-order valence-corrected chi connectivity index (χ3v) is 5.45. The zero-order chi connectivity index (χ0) is 18.4. The van der Waals surface area contributed by atoms with Gasteiger partial charge in [0.2, 0.25) is 0 Å². The fraction of sp³-hybridized carbons (Fsp3) is 0.227. The molecule has 5 rings (SSSR count). The molecule has 4 aromatic rings. The number of aromatic nitrogens is 4. The Bertz CT molecular complexity index is 1140. The van der Waals surface area contributed by atoms with Crippen molar-refractivity contribution in [1.29, 1.82) is 0 Å². The number of hydrogen-bond donors (Lipinski definition) is 0. The second-order valence-corrected chi connectivity index (χ2v) is 7.14. The summed E-state index contributed by atoms with van der Waals surface area (Å²) in [5.74, 6) is 0.933. The number of fused-ring (bicyclic) bond motifs is 2. The quantitative estimate of drug-likeness (QED) is 0.530. The van der Waals surface area contributed by atoms with E-state index < -0.39 is 0 Å². The van der Waals surface area contributed by atoms with Crippen LogP contribution in [0.15, 0.2) is 55.0 Å². The fourth-order valence-electron chi connectivity index (χ4n) is 3.85. The molecule has 134 valence electrons. The number of hydrogen-bond acceptors (Lipinski definition) is 4. The molecule has 0 unspecified atom stereocenters. The summed E-state index contributed by atoms with van der Waals surface area (Å²) >= 11 is 0. The fourth-order valence-corrected chi connectivity index (χ4v) is 3.85. The first kappa shape index (κ1) is 16.0. The monoisotopic (exact) mass is 355 g/mol. The summed E-state index contributed by atoms with van der Waals surface area (Å²) in [5, 5.41) is 5.61. The average molecular weight is 355 g/mol. The van der Waals surface area contributed by atoms with Crippen molar-refractivity contribution in [2.75, 3.05) is 11.4 Å². The first-order chi connectivity index (χ1) is 13.2. The lowest BCUT2D eigenvalue weighted by Crippen LogP contribution is -2.25. The first-order valence-electron chi connectivity index (χ1n) is 9.34. The van der Waals surface area contributed by atoms with Crippen LogP contribution in [0.25, 0.3) is 16.7 Å². The molecule has 0 amide bonds. The van der Waals surface area contributed by atoms with Crippen LogP contribution in [-0.2, 0) is 6.42 Å². The second-order valence-electron chi connectivity index (χ2n) is 7.14. The molecule has 0 bridgehead atoms. The topological polar surface area (TPSA) is 46.8 Å². The van der Waals surface area contributed by atoms with E-state index in [-0.39, 0.29) is 0 Å². The average Bonchev–Trinajstić information content (AvgIpc) is 3.14. The molecule has 0 saturated carbocycles. The first-order valence-corrected chi connectivity index (χ1v) is 9.34. The maximum Gasteiger partial charge on any atom is 0.168 e. The minimum absolute atomic E-state index is 0.839. The van der Waals surface area contributed by atoms with E-state index in [0.717, 1.165) is 41.9 Å². The molecule has 27 heavy (non-hydrogen) atoms. The predicted molar refractivity (Wildman–Crippen MR) is 108 cm³/mol. The Kier molecular flexibility index (Phi) is 3.67. The van der Waals surface area contributed by atoms with Crippen LogP contribution in [0.2, 0.25) is 0 Å². The minimum atomic E-state index is 0.839. The molecule has 3 heterocycles. The molecule has 0 N–H and O–H groups in total. The third-order valence-electron chi connectivity index (χ3n) is 5.45. The molecule has 5 heteroatoms. The normalized spacial score (nSPS) is 13.8. The molecule has 0 atom stereocenters. The Labute approximate surface area is 158 Å². The van der Waals surface area contributed by atoms with Crippen molar-refractivity contribution in [3.05, 3.63) is 71.7 Å². The highest BCUT2D eigenvalue weighted by atomic mass is 15.3. The van der Waals surface area contributed by atoms with E-state index in [0.29, 0.717) is 0 Å². The van der Waals surface area contributed by atoms with Crippen molar-refractivity contribution in [3.63, 3.8) is 0 Å². The molecule has 0 saturated heterocycles. The van der Waals surface area contributed by atoms with Gasteiger partial charge in [-0.05, 0) is 61.6 Å². The van der Waals surface area contributed by atoms with Crippen LogP contribution in [0.3, 0.4) is 0 Å². The molecule has 5 nitrogen and oxygen atoms in total. The van der Waals surface area contributed by atoms with Gasteiger partial charge in [0.1, 0.15) is 12.1 Å². The van der Waals surface area contributed by atoms with Gasteiger partial charge >= 0.3 is 0 Å². The van der Waals surface area contributed by atoms with Gasteiger partial charge in [0.25, 0.3) is 0 Å². The summed E-state index contributed by atoms with van der Waals surface area (Å²) in [6.07, 6.45) is 5.77. The van der Waals surface area contributed by atoms with Gasteiger partial charge in [-0.2, -0.15) is 5.10 Å². The molecule has 2 aromatic carbocycles. The summed E-state index contributed by atoms with van der Waals surface area (Å²) in [5.41, 5.74) is 6.99. The Hall–Kier alpha value is -3.21. The van der Waals surface area contributed by atoms with E-state index in [4.69, 9.17) is 0 Å². The van der Waals surface area contributed by atoms with Gasteiger partial charge in [-0.25, -0.2) is 14.6 Å². The van der Waals surface area contributed by atoms with Gasteiger partial charge in [0, 0.05) is 12.2 Å². The van der Waals surface area contributed by atoms with Gasteiger partial charge < -0.3 is 4.90 Å².